The van der Waals surface area contributed by atoms with E-state index in [1.807, 2.05) is 34.0 Å². The third-order valence-corrected chi connectivity index (χ3v) is 2.84. The first-order valence-electron chi connectivity index (χ1n) is 5.63. The van der Waals surface area contributed by atoms with Gasteiger partial charge in [-0.1, -0.05) is 6.92 Å². The quantitative estimate of drug-likeness (QED) is 0.850. The molecule has 2 aromatic rings. The predicted octanol–water partition coefficient (Wildman–Crippen LogP) is 1.35. The van der Waals surface area contributed by atoms with E-state index in [2.05, 4.69) is 15.1 Å². The summed E-state index contributed by atoms with van der Waals surface area (Å²) < 4.78 is 1.72. The van der Waals surface area contributed by atoms with Crippen molar-refractivity contribution in [2.75, 3.05) is 0 Å². The first-order chi connectivity index (χ1) is 8.02. The highest BCUT2D eigenvalue weighted by molar-refractivity contribution is 5.56. The van der Waals surface area contributed by atoms with Gasteiger partial charge in [-0.3, -0.25) is 9.48 Å². The molecule has 2 aromatic heterocycles. The SMILES string of the molecule is CCc1c(C)nc(-c2cn(C)nc2C)[nH]c1=O. The fraction of sp³-hybridized carbons (Fsp3) is 0.417. The minimum absolute atomic E-state index is 0.0572. The van der Waals surface area contributed by atoms with Crippen LogP contribution in [0, 0.1) is 13.8 Å². The fourth-order valence-electron chi connectivity index (χ4n) is 1.99. The molecule has 0 spiro atoms. The Morgan fingerprint density at radius 2 is 2.06 bits per heavy atom. The van der Waals surface area contributed by atoms with Crippen LogP contribution in [-0.2, 0) is 13.5 Å². The number of hydrogen-bond donors (Lipinski definition) is 1. The van der Waals surface area contributed by atoms with Gasteiger partial charge in [0.25, 0.3) is 5.56 Å². The number of rotatable bonds is 2. The van der Waals surface area contributed by atoms with E-state index in [0.29, 0.717) is 12.2 Å². The van der Waals surface area contributed by atoms with Gasteiger partial charge in [0.2, 0.25) is 0 Å². The molecule has 0 saturated heterocycles. The second-order valence-electron chi connectivity index (χ2n) is 4.13. The molecule has 2 rings (SSSR count). The first-order valence-corrected chi connectivity index (χ1v) is 5.63. The van der Waals surface area contributed by atoms with Gasteiger partial charge in [0.05, 0.1) is 11.3 Å². The van der Waals surface area contributed by atoms with Crippen LogP contribution in [0.1, 0.15) is 23.9 Å². The summed E-state index contributed by atoms with van der Waals surface area (Å²) in [6.45, 7) is 5.72. The Labute approximate surface area is 99.5 Å². The summed E-state index contributed by atoms with van der Waals surface area (Å²) in [6.07, 6.45) is 2.55. The molecule has 5 heteroatoms. The molecule has 0 aliphatic rings. The molecular weight excluding hydrogens is 216 g/mol. The number of aryl methyl sites for hydroxylation is 3. The average Bonchev–Trinajstić information content (AvgIpc) is 2.57. The monoisotopic (exact) mass is 232 g/mol. The zero-order valence-corrected chi connectivity index (χ0v) is 10.5. The minimum atomic E-state index is -0.0572. The van der Waals surface area contributed by atoms with Gasteiger partial charge in [-0.2, -0.15) is 5.10 Å². The van der Waals surface area contributed by atoms with Crippen LogP contribution >= 0.6 is 0 Å². The lowest BCUT2D eigenvalue weighted by molar-refractivity contribution is 0.756. The third kappa shape index (κ3) is 2.00. The second kappa shape index (κ2) is 4.16. The van der Waals surface area contributed by atoms with Gasteiger partial charge in [0, 0.05) is 24.5 Å². The van der Waals surface area contributed by atoms with Crippen molar-refractivity contribution in [2.45, 2.75) is 27.2 Å². The first kappa shape index (κ1) is 11.6. The molecule has 17 heavy (non-hydrogen) atoms. The summed E-state index contributed by atoms with van der Waals surface area (Å²) in [6, 6.07) is 0. The number of hydrogen-bond acceptors (Lipinski definition) is 3. The largest absolute Gasteiger partial charge is 0.306 e. The molecule has 0 saturated carbocycles. The maximum absolute atomic E-state index is 11.9. The molecule has 0 radical (unpaired) electrons. The Balaban J connectivity index is 2.62. The summed E-state index contributed by atoms with van der Waals surface area (Å²) in [5.74, 6) is 0.593. The molecular formula is C12H16N4O. The summed E-state index contributed by atoms with van der Waals surface area (Å²) in [7, 11) is 1.85. The van der Waals surface area contributed by atoms with E-state index in [4.69, 9.17) is 0 Å². The normalized spacial score (nSPS) is 10.8. The van der Waals surface area contributed by atoms with Crippen LogP contribution in [0.4, 0.5) is 0 Å². The minimum Gasteiger partial charge on any atom is -0.306 e. The van der Waals surface area contributed by atoms with Crippen molar-refractivity contribution in [3.8, 4) is 11.4 Å². The van der Waals surface area contributed by atoms with E-state index in [0.717, 1.165) is 22.5 Å². The van der Waals surface area contributed by atoms with Crippen molar-refractivity contribution in [3.05, 3.63) is 33.5 Å². The van der Waals surface area contributed by atoms with E-state index in [1.54, 1.807) is 4.68 Å². The number of aromatic amines is 1. The molecule has 90 valence electrons. The molecule has 0 unspecified atom stereocenters. The van der Waals surface area contributed by atoms with Gasteiger partial charge in [0.15, 0.2) is 0 Å². The van der Waals surface area contributed by atoms with Gasteiger partial charge in [-0.05, 0) is 20.3 Å². The molecule has 0 atom stereocenters. The van der Waals surface area contributed by atoms with Gasteiger partial charge >= 0.3 is 0 Å². The number of nitrogens with one attached hydrogen (secondary N) is 1. The lowest BCUT2D eigenvalue weighted by Crippen LogP contribution is -2.16. The van der Waals surface area contributed by atoms with Crippen LogP contribution in [0.3, 0.4) is 0 Å². The van der Waals surface area contributed by atoms with Crippen molar-refractivity contribution in [1.29, 1.82) is 0 Å². The zero-order valence-electron chi connectivity index (χ0n) is 10.5. The average molecular weight is 232 g/mol. The molecule has 0 aliphatic heterocycles. The molecule has 0 aliphatic carbocycles. The Morgan fingerprint density at radius 3 is 2.53 bits per heavy atom. The summed E-state index contributed by atoms with van der Waals surface area (Å²) in [5.41, 5.74) is 3.21. The van der Waals surface area contributed by atoms with Gasteiger partial charge in [-0.15, -0.1) is 0 Å². The maximum atomic E-state index is 11.9. The second-order valence-corrected chi connectivity index (χ2v) is 4.13. The van der Waals surface area contributed by atoms with Crippen LogP contribution < -0.4 is 5.56 Å². The van der Waals surface area contributed by atoms with Gasteiger partial charge < -0.3 is 4.98 Å². The molecule has 0 fully saturated rings. The van der Waals surface area contributed by atoms with E-state index in [9.17, 15) is 4.79 Å². The summed E-state index contributed by atoms with van der Waals surface area (Å²) in [5, 5.41) is 4.24. The highest BCUT2D eigenvalue weighted by Crippen LogP contribution is 2.17. The van der Waals surface area contributed by atoms with E-state index < -0.39 is 0 Å². The smallest absolute Gasteiger partial charge is 0.254 e. The standard InChI is InChI=1S/C12H16N4O/c1-5-9-7(2)13-11(14-12(9)17)10-6-16(4)15-8(10)3/h6H,5H2,1-4H3,(H,13,14,17). The van der Waals surface area contributed by atoms with Crippen molar-refractivity contribution < 1.29 is 0 Å². The Bertz CT molecular complexity index is 609. The van der Waals surface area contributed by atoms with Crippen LogP contribution in [0.2, 0.25) is 0 Å². The number of aromatic nitrogens is 4. The number of H-pyrrole nitrogens is 1. The molecule has 1 N–H and O–H groups in total. The van der Waals surface area contributed by atoms with Crippen LogP contribution in [0.15, 0.2) is 11.0 Å². The number of nitrogens with zero attached hydrogens (tertiary/aromatic N) is 3. The Morgan fingerprint density at radius 1 is 1.35 bits per heavy atom. The molecule has 0 amide bonds. The molecule has 0 aromatic carbocycles. The fourth-order valence-corrected chi connectivity index (χ4v) is 1.99. The Hall–Kier alpha value is -1.91. The molecule has 2 heterocycles. The lowest BCUT2D eigenvalue weighted by atomic mass is 10.1. The van der Waals surface area contributed by atoms with Crippen LogP contribution in [0.5, 0.6) is 0 Å². The molecule has 5 nitrogen and oxygen atoms in total. The summed E-state index contributed by atoms with van der Waals surface area (Å²) in [4.78, 5) is 19.1. The highest BCUT2D eigenvalue weighted by Gasteiger charge is 2.11. The predicted molar refractivity (Wildman–Crippen MR) is 65.9 cm³/mol. The van der Waals surface area contributed by atoms with Crippen molar-refractivity contribution in [1.82, 2.24) is 19.7 Å². The Kier molecular flexibility index (Phi) is 2.83. The third-order valence-electron chi connectivity index (χ3n) is 2.84. The molecule has 0 bridgehead atoms. The lowest BCUT2D eigenvalue weighted by Gasteiger charge is -2.04. The van der Waals surface area contributed by atoms with Crippen molar-refractivity contribution in [3.63, 3.8) is 0 Å². The van der Waals surface area contributed by atoms with E-state index in [1.165, 1.54) is 0 Å². The van der Waals surface area contributed by atoms with E-state index in [-0.39, 0.29) is 5.56 Å². The summed E-state index contributed by atoms with van der Waals surface area (Å²) >= 11 is 0. The van der Waals surface area contributed by atoms with Gasteiger partial charge in [-0.25, -0.2) is 4.98 Å². The zero-order chi connectivity index (χ0) is 12.6. The van der Waals surface area contributed by atoms with Gasteiger partial charge in [0.1, 0.15) is 5.82 Å². The van der Waals surface area contributed by atoms with Crippen LogP contribution in [0.25, 0.3) is 11.4 Å². The van der Waals surface area contributed by atoms with Crippen molar-refractivity contribution in [2.24, 2.45) is 7.05 Å². The van der Waals surface area contributed by atoms with Crippen molar-refractivity contribution >= 4 is 0 Å². The topological polar surface area (TPSA) is 63.6 Å². The maximum Gasteiger partial charge on any atom is 0.254 e. The van der Waals surface area contributed by atoms with E-state index >= 15 is 0 Å². The van der Waals surface area contributed by atoms with Crippen LogP contribution in [-0.4, -0.2) is 19.7 Å². The highest BCUT2D eigenvalue weighted by atomic mass is 16.1.